The van der Waals surface area contributed by atoms with Crippen LogP contribution >= 0.6 is 0 Å². The van der Waals surface area contributed by atoms with Gasteiger partial charge in [-0.25, -0.2) is 0 Å². The molecular weight excluding hydrogens is 260 g/mol. The lowest BCUT2D eigenvalue weighted by molar-refractivity contribution is -0.113. The lowest BCUT2D eigenvalue weighted by Crippen LogP contribution is -1.95. The molecule has 1 N–H and O–H groups in total. The number of hydrogen-bond acceptors (Lipinski definition) is 2. The number of aryl methyl sites for hydroxylation is 1. The highest BCUT2D eigenvalue weighted by molar-refractivity contribution is 5.99. The van der Waals surface area contributed by atoms with Gasteiger partial charge in [0.1, 0.15) is 5.75 Å². The van der Waals surface area contributed by atoms with Crippen LogP contribution in [0, 0.1) is 6.92 Å². The van der Waals surface area contributed by atoms with Gasteiger partial charge in [0.25, 0.3) is 0 Å². The van der Waals surface area contributed by atoms with Gasteiger partial charge in [-0.1, -0.05) is 45.1 Å². The van der Waals surface area contributed by atoms with E-state index in [0.29, 0.717) is 5.57 Å². The molecule has 0 aliphatic carbocycles. The average molecular weight is 286 g/mol. The van der Waals surface area contributed by atoms with E-state index < -0.39 is 0 Å². The summed E-state index contributed by atoms with van der Waals surface area (Å²) in [5.74, 6) is 0.114. The number of aromatic hydroxyl groups is 1. The normalized spacial score (nSPS) is 10.4. The third-order valence-electron chi connectivity index (χ3n) is 2.74. The van der Waals surface area contributed by atoms with Crippen LogP contribution in [0.5, 0.6) is 5.75 Å². The van der Waals surface area contributed by atoms with Gasteiger partial charge in [0.15, 0.2) is 5.78 Å². The van der Waals surface area contributed by atoms with Crippen molar-refractivity contribution in [3.8, 4) is 5.75 Å². The van der Waals surface area contributed by atoms with Crippen LogP contribution in [-0.4, -0.2) is 10.9 Å². The number of phenolic OH excluding ortho intramolecular Hbond substituents is 1. The van der Waals surface area contributed by atoms with Gasteiger partial charge in [-0.15, -0.1) is 0 Å². The number of phenols is 1. The summed E-state index contributed by atoms with van der Waals surface area (Å²) in [5, 5.41) is 9.57. The van der Waals surface area contributed by atoms with E-state index in [2.05, 4.69) is 27.0 Å². The first-order chi connectivity index (χ1) is 9.74. The van der Waals surface area contributed by atoms with Crippen LogP contribution < -0.4 is 0 Å². The summed E-state index contributed by atoms with van der Waals surface area (Å²) in [5.41, 5.74) is 3.95. The monoisotopic (exact) mass is 286 g/mol. The molecular formula is C19H26O2. The van der Waals surface area contributed by atoms with Crippen LogP contribution in [0.1, 0.15) is 45.2 Å². The molecule has 0 aliphatic heterocycles. The molecule has 0 heterocycles. The Hall–Kier alpha value is -2.09. The molecule has 2 heteroatoms. The summed E-state index contributed by atoms with van der Waals surface area (Å²) < 4.78 is 0. The van der Waals surface area contributed by atoms with Crippen molar-refractivity contribution in [2.45, 2.75) is 41.0 Å². The summed E-state index contributed by atoms with van der Waals surface area (Å²) in [6.45, 7) is 17.2. The maximum Gasteiger partial charge on any atom is 0.159 e. The van der Waals surface area contributed by atoms with E-state index in [-0.39, 0.29) is 11.5 Å². The van der Waals surface area contributed by atoms with Gasteiger partial charge in [0, 0.05) is 5.57 Å². The number of carbonyl (C=O) groups excluding carboxylic acids is 1. The fraction of sp³-hybridized carbons (Fsp3) is 0.316. The quantitative estimate of drug-likeness (QED) is 0.608. The van der Waals surface area contributed by atoms with Gasteiger partial charge in [0.2, 0.25) is 0 Å². The van der Waals surface area contributed by atoms with Crippen molar-refractivity contribution < 1.29 is 9.90 Å². The van der Waals surface area contributed by atoms with Crippen LogP contribution in [0.4, 0.5) is 0 Å². The predicted molar refractivity (Wildman–Crippen MR) is 91.4 cm³/mol. The maximum absolute atomic E-state index is 11.3. The molecule has 0 aliphatic rings. The Balaban J connectivity index is 0.00000122. The fourth-order valence-electron chi connectivity index (χ4n) is 1.61. The zero-order chi connectivity index (χ0) is 16.6. The Morgan fingerprint density at radius 2 is 1.76 bits per heavy atom. The molecule has 0 radical (unpaired) electrons. The highest BCUT2D eigenvalue weighted by Crippen LogP contribution is 2.28. The van der Waals surface area contributed by atoms with Crippen LogP contribution in [0.3, 0.4) is 0 Å². The molecule has 0 bridgehead atoms. The SMILES string of the molecule is C=C(/C=C(/C(=C)C)c1cc(O)ccc1C)C(C)=O.CCC. The molecule has 0 amide bonds. The Morgan fingerprint density at radius 1 is 1.24 bits per heavy atom. The van der Waals surface area contributed by atoms with Crippen LogP contribution in [0.25, 0.3) is 5.57 Å². The summed E-state index contributed by atoms with van der Waals surface area (Å²) in [7, 11) is 0. The summed E-state index contributed by atoms with van der Waals surface area (Å²) >= 11 is 0. The van der Waals surface area contributed by atoms with E-state index in [1.54, 1.807) is 18.2 Å². The number of hydrogen-bond donors (Lipinski definition) is 1. The molecule has 0 unspecified atom stereocenters. The van der Waals surface area contributed by atoms with Gasteiger partial charge in [-0.3, -0.25) is 4.79 Å². The van der Waals surface area contributed by atoms with Crippen molar-refractivity contribution in [3.63, 3.8) is 0 Å². The van der Waals surface area contributed by atoms with Crippen molar-refractivity contribution >= 4 is 11.4 Å². The molecule has 0 saturated heterocycles. The molecule has 0 saturated carbocycles. The Bertz CT molecular complexity index is 563. The molecule has 0 atom stereocenters. The van der Waals surface area contributed by atoms with Crippen molar-refractivity contribution in [2.24, 2.45) is 0 Å². The first-order valence-electron chi connectivity index (χ1n) is 7.11. The second kappa shape index (κ2) is 8.96. The fourth-order valence-corrected chi connectivity index (χ4v) is 1.61. The first-order valence-corrected chi connectivity index (χ1v) is 7.11. The summed E-state index contributed by atoms with van der Waals surface area (Å²) in [4.78, 5) is 11.3. The number of ketones is 1. The van der Waals surface area contributed by atoms with Gasteiger partial charge in [-0.05, 0) is 55.7 Å². The molecule has 1 aromatic carbocycles. The highest BCUT2D eigenvalue weighted by atomic mass is 16.3. The van der Waals surface area contributed by atoms with E-state index in [0.717, 1.165) is 22.3 Å². The number of carbonyl (C=O) groups is 1. The topological polar surface area (TPSA) is 37.3 Å². The van der Waals surface area contributed by atoms with E-state index in [1.165, 1.54) is 13.3 Å². The van der Waals surface area contributed by atoms with Crippen LogP contribution in [-0.2, 0) is 4.79 Å². The first kappa shape index (κ1) is 18.9. The van der Waals surface area contributed by atoms with Crippen molar-refractivity contribution in [2.75, 3.05) is 0 Å². The number of rotatable bonds is 4. The zero-order valence-corrected chi connectivity index (χ0v) is 13.8. The largest absolute Gasteiger partial charge is 0.508 e. The Morgan fingerprint density at radius 3 is 2.19 bits per heavy atom. The van der Waals surface area contributed by atoms with Gasteiger partial charge < -0.3 is 5.11 Å². The third-order valence-corrected chi connectivity index (χ3v) is 2.74. The van der Waals surface area contributed by atoms with Gasteiger partial charge in [-0.2, -0.15) is 0 Å². The lowest BCUT2D eigenvalue weighted by Gasteiger charge is -2.12. The second-order valence-electron chi connectivity index (χ2n) is 5.13. The van der Waals surface area contributed by atoms with Gasteiger partial charge in [0.05, 0.1) is 0 Å². The van der Waals surface area contributed by atoms with E-state index in [9.17, 15) is 9.90 Å². The summed E-state index contributed by atoms with van der Waals surface area (Å²) in [6, 6.07) is 5.13. The van der Waals surface area contributed by atoms with Crippen molar-refractivity contribution in [1.29, 1.82) is 0 Å². The summed E-state index contributed by atoms with van der Waals surface area (Å²) in [6.07, 6.45) is 2.96. The lowest BCUT2D eigenvalue weighted by atomic mass is 9.93. The molecule has 114 valence electrons. The minimum atomic E-state index is -0.0773. The van der Waals surface area contributed by atoms with E-state index in [4.69, 9.17) is 0 Å². The molecule has 0 aromatic heterocycles. The molecule has 2 nitrogen and oxygen atoms in total. The second-order valence-corrected chi connectivity index (χ2v) is 5.13. The molecule has 1 rings (SSSR count). The van der Waals surface area contributed by atoms with E-state index >= 15 is 0 Å². The Kier molecular flexibility index (Phi) is 8.07. The van der Waals surface area contributed by atoms with E-state index in [1.807, 2.05) is 19.9 Å². The average Bonchev–Trinajstić information content (AvgIpc) is 2.39. The zero-order valence-electron chi connectivity index (χ0n) is 13.8. The molecule has 0 fully saturated rings. The number of allylic oxidation sites excluding steroid dienone is 4. The van der Waals surface area contributed by atoms with Crippen molar-refractivity contribution in [3.05, 3.63) is 59.7 Å². The minimum Gasteiger partial charge on any atom is -0.508 e. The smallest absolute Gasteiger partial charge is 0.159 e. The number of Topliss-reactive ketones (excluding diaryl/α,β-unsaturated/α-hetero) is 1. The van der Waals surface area contributed by atoms with Crippen LogP contribution in [0.15, 0.2) is 48.6 Å². The minimum absolute atomic E-state index is 0.0773. The molecule has 0 spiro atoms. The van der Waals surface area contributed by atoms with Gasteiger partial charge >= 0.3 is 0 Å². The maximum atomic E-state index is 11.3. The molecule has 21 heavy (non-hydrogen) atoms. The third kappa shape index (κ3) is 6.26. The standard InChI is InChI=1S/C16H18O2.C3H8/c1-10(2)15(8-12(4)13(5)17)16-9-14(18)7-6-11(16)3;1-3-2/h6-9,18H,1,4H2,2-3,5H3;3H2,1-2H3/b15-8-;. The predicted octanol–water partition coefficient (Wildman–Crippen LogP) is 5.22. The van der Waals surface area contributed by atoms with Crippen LogP contribution in [0.2, 0.25) is 0 Å². The Labute approximate surface area is 128 Å². The number of benzene rings is 1. The van der Waals surface area contributed by atoms with Crippen molar-refractivity contribution in [1.82, 2.24) is 0 Å². The highest BCUT2D eigenvalue weighted by Gasteiger charge is 2.09. The molecule has 1 aromatic rings.